The highest BCUT2D eigenvalue weighted by atomic mass is 31.2. The Balaban J connectivity index is 0.000000283. The minimum absolute atomic E-state index is 0.0186. The van der Waals surface area contributed by atoms with Crippen LogP contribution in [0.5, 0.6) is 0 Å². The van der Waals surface area contributed by atoms with Crippen LogP contribution < -0.4 is 21.8 Å². The van der Waals surface area contributed by atoms with Crippen molar-refractivity contribution in [2.75, 3.05) is 43.6 Å². The summed E-state index contributed by atoms with van der Waals surface area (Å²) in [4.78, 5) is 76.2. The van der Waals surface area contributed by atoms with Gasteiger partial charge in [0.25, 0.3) is 19.6 Å². The molecule has 27 nitrogen and oxygen atoms in total. The molecule has 3 saturated heterocycles. The van der Waals surface area contributed by atoms with E-state index in [1.807, 2.05) is 6.92 Å². The van der Waals surface area contributed by atoms with E-state index in [2.05, 4.69) is 209 Å². The number of amides is 2. The van der Waals surface area contributed by atoms with Crippen molar-refractivity contribution in [1.29, 1.82) is 5.26 Å². The Labute approximate surface area is 574 Å². The van der Waals surface area contributed by atoms with Gasteiger partial charge >= 0.3 is 0 Å². The van der Waals surface area contributed by atoms with Crippen molar-refractivity contribution in [2.45, 2.75) is 275 Å². The predicted molar refractivity (Wildman–Crippen MR) is 384 cm³/mol. The number of ether oxygens (including phenoxy) is 2. The van der Waals surface area contributed by atoms with Crippen LogP contribution in [0.1, 0.15) is 178 Å². The van der Waals surface area contributed by atoms with E-state index < -0.39 is 69.4 Å². The van der Waals surface area contributed by atoms with Crippen LogP contribution in [0.15, 0.2) is 22.2 Å². The highest BCUT2D eigenvalue weighted by Crippen LogP contribution is 2.55. The second kappa shape index (κ2) is 34.7. The molecule has 2 amide bonds. The topological polar surface area (TPSA) is 308 Å². The van der Waals surface area contributed by atoms with Gasteiger partial charge in [0.1, 0.15) is 6.61 Å². The molecule has 0 bridgehead atoms. The minimum Gasteiger partial charge on any atom is -0.409 e. The number of nitrogens with one attached hydrogen (secondary N) is 4. The van der Waals surface area contributed by atoms with Crippen molar-refractivity contribution in [3.05, 3.63) is 44.8 Å². The Morgan fingerprint density at radius 2 is 1.16 bits per heavy atom. The van der Waals surface area contributed by atoms with Crippen molar-refractivity contribution < 1.29 is 46.6 Å². The fraction of sp³-hybridized carbons (Fsp3) is 0.785. The number of fused-ring (bicyclic) bond motifs is 2. The Morgan fingerprint density at radius 3 is 1.52 bits per heavy atom. The van der Waals surface area contributed by atoms with Gasteiger partial charge in [0, 0.05) is 59.9 Å². The highest BCUT2D eigenvalue weighted by molar-refractivity contribution is 7.47. The van der Waals surface area contributed by atoms with Crippen LogP contribution >= 0.6 is 17.0 Å². The summed E-state index contributed by atoms with van der Waals surface area (Å²) < 4.78 is 55.9. The third-order valence-corrected chi connectivity index (χ3v) is 32.4. The van der Waals surface area contributed by atoms with Gasteiger partial charge in [0.2, 0.25) is 30.3 Å². The molecule has 540 valence electrons. The molecule has 0 saturated carbocycles. The maximum atomic E-state index is 13.0. The van der Waals surface area contributed by atoms with Crippen LogP contribution in [0, 0.1) is 41.6 Å². The number of carbonyl (C=O) groups is 2. The largest absolute Gasteiger partial charge is 0.409 e. The average Bonchev–Trinajstić information content (AvgIpc) is 1.61. The molecule has 7 heterocycles. The highest BCUT2D eigenvalue weighted by Gasteiger charge is 2.52. The first kappa shape index (κ1) is 82.1. The molecule has 0 aliphatic carbocycles. The summed E-state index contributed by atoms with van der Waals surface area (Å²) in [5, 5.41) is 24.2. The van der Waals surface area contributed by atoms with E-state index in [1.54, 1.807) is 43.2 Å². The fourth-order valence-corrected chi connectivity index (χ4v) is 17.9. The number of rotatable bonds is 25. The number of aromatic amines is 2. The molecule has 0 radical (unpaired) electrons. The number of hydrogen-bond donors (Lipinski definition) is 5. The van der Waals surface area contributed by atoms with Gasteiger partial charge in [0.15, 0.2) is 59.9 Å². The number of H-pyrrole nitrogens is 2. The van der Waals surface area contributed by atoms with Crippen LogP contribution in [0.4, 0.5) is 11.9 Å². The smallest absolute Gasteiger partial charge is 0.280 e. The normalized spacial score (nSPS) is 24.3. The quantitative estimate of drug-likeness (QED) is 0.0178. The number of aliphatic hydroxyl groups is 1. The maximum absolute atomic E-state index is 13.0. The van der Waals surface area contributed by atoms with Crippen molar-refractivity contribution in [2.24, 2.45) is 23.7 Å². The van der Waals surface area contributed by atoms with Crippen molar-refractivity contribution >= 4 is 79.6 Å². The fourth-order valence-electron chi connectivity index (χ4n) is 11.1. The summed E-state index contributed by atoms with van der Waals surface area (Å²) in [7, 11) is -6.68. The van der Waals surface area contributed by atoms with Crippen LogP contribution in [0.3, 0.4) is 0 Å². The van der Waals surface area contributed by atoms with E-state index in [4.69, 9.17) is 43.7 Å². The monoisotopic (exact) mass is 1420 g/mol. The number of imidazole rings is 2. The molecule has 0 aromatic carbocycles. The SMILES string of the molecule is CC(C)C(=O)Nc1nc2c(ncn2[C@@H]2O[C@H](CO)[C@@H](C)[C@H]2O[Si](C)(C)C(C)(C)C)c(=O)[nH]1.CC(C)C(=O)Nc1nc2c(ncn2[C@@H]2O[C@H](COP(OCCC#N)N(C(C)C)C(C)C)[C@@H](C)[C@H]2O[Si](C)(C)C(C)(C)C)c(=O)[nH]1.[C-]#[N+]CCOP1N(C(C)C)C(C)CC(C)N1C(C)C. The maximum Gasteiger partial charge on any atom is 0.280 e. The minimum atomic E-state index is -2.29. The van der Waals surface area contributed by atoms with Crippen LogP contribution in [0.2, 0.25) is 36.3 Å². The zero-order valence-electron chi connectivity index (χ0n) is 62.1. The molecule has 96 heavy (non-hydrogen) atoms. The Bertz CT molecular complexity index is 3360. The van der Waals surface area contributed by atoms with Gasteiger partial charge in [0.05, 0.1) is 69.4 Å². The zero-order chi connectivity index (χ0) is 72.4. The van der Waals surface area contributed by atoms with E-state index in [0.29, 0.717) is 37.3 Å². The van der Waals surface area contributed by atoms with Crippen molar-refractivity contribution in [3.8, 4) is 6.07 Å². The molecule has 4 aromatic heterocycles. The lowest BCUT2D eigenvalue weighted by Gasteiger charge is -2.52. The summed E-state index contributed by atoms with van der Waals surface area (Å²) in [5.74, 6) is -1.19. The molecule has 7 rings (SSSR count). The van der Waals surface area contributed by atoms with Gasteiger partial charge in [-0.3, -0.25) is 48.9 Å². The number of hydrogen-bond acceptors (Lipinski definition) is 20. The lowest BCUT2D eigenvalue weighted by atomic mass is 10.0. The number of aliphatic hydroxyl groups excluding tert-OH is 1. The standard InChI is InChI=1S/C30H52N7O6PSi.C21H35N5O5Si.C14H28N3OP/c1-18(2)26(38)34-29-33-25-23(27(39)35-29)32-17-36(25)28-24(43-45(11,12)30(8,9)10)21(7)22(42-28)16-41-44(40-15-13-14-31)37(19(3)4)20(5)6;1-11(2)17(28)24-20-23-16-14(18(29)25-20)22-10-26(16)19-15(12(3)13(9-27)30-19)31-32(7,8)21(4,5)6;1-11(2)16-13(5)10-14(6)17(12(3)4)19(16)18-9-8-15-7/h17-22,24,28H,13,15-16H2,1-12H3,(H2,33,34,35,38,39);10-13,15,19,27H,9H2,1-8H3,(H2,23,24,25,28,29);11-14H,8-10H2,1-6H3/t21-,22-,24-,28-,44?;12-,13-,15-,19-;/m11./s1. The molecule has 11 atom stereocenters. The Hall–Kier alpha value is -4.53. The van der Waals surface area contributed by atoms with E-state index in [1.165, 1.54) is 12.7 Å². The first-order valence-electron chi connectivity index (χ1n) is 33.9. The van der Waals surface area contributed by atoms with Gasteiger partial charge in [-0.25, -0.2) is 30.6 Å². The zero-order valence-corrected chi connectivity index (χ0v) is 65.9. The van der Waals surface area contributed by atoms with Gasteiger partial charge in [-0.2, -0.15) is 15.2 Å². The third-order valence-electron chi connectivity index (χ3n) is 18.5. The van der Waals surface area contributed by atoms with E-state index in [9.17, 15) is 24.3 Å². The predicted octanol–water partition coefficient (Wildman–Crippen LogP) is 12.3. The molecule has 3 aliphatic heterocycles. The van der Waals surface area contributed by atoms with E-state index >= 15 is 0 Å². The molecule has 31 heteroatoms. The summed E-state index contributed by atoms with van der Waals surface area (Å²) in [6.07, 6.45) is 1.65. The number of carbonyl (C=O) groups excluding carboxylic acids is 2. The number of aromatic nitrogens is 8. The number of anilines is 2. The van der Waals surface area contributed by atoms with E-state index in [0.717, 1.165) is 0 Å². The van der Waals surface area contributed by atoms with Crippen molar-refractivity contribution in [1.82, 2.24) is 53.0 Å². The number of nitrogens with zero attached hydrogens (tertiary/aromatic N) is 11. The second-order valence-electron chi connectivity index (χ2n) is 30.2. The Kier molecular flexibility index (Phi) is 29.7. The Morgan fingerprint density at radius 1 is 0.740 bits per heavy atom. The molecule has 5 N–H and O–H groups in total. The molecule has 4 aromatic rings. The van der Waals surface area contributed by atoms with Crippen LogP contribution in [-0.4, -0.2) is 180 Å². The molecule has 0 spiro atoms. The van der Waals surface area contributed by atoms with Crippen LogP contribution in [-0.2, 0) is 41.5 Å². The lowest BCUT2D eigenvalue weighted by Crippen LogP contribution is -2.51. The van der Waals surface area contributed by atoms with Gasteiger partial charge in [-0.1, -0.05) is 83.1 Å². The average molecular weight is 1420 g/mol. The van der Waals surface area contributed by atoms with Gasteiger partial charge in [-0.05, 0) is 112 Å². The van der Waals surface area contributed by atoms with E-state index in [-0.39, 0.29) is 130 Å². The summed E-state index contributed by atoms with van der Waals surface area (Å²) in [6, 6.07) is 4.50. The lowest BCUT2D eigenvalue weighted by molar-refractivity contribution is -0.119. The first-order chi connectivity index (χ1) is 44.5. The van der Waals surface area contributed by atoms with Crippen LogP contribution in [0.25, 0.3) is 27.2 Å². The number of nitriles is 1. The molecular formula is C65H115N15O12P2Si2. The third kappa shape index (κ3) is 20.1. The van der Waals surface area contributed by atoms with Gasteiger partial charge in [-0.15, -0.1) is 0 Å². The molecule has 3 fully saturated rings. The molecular weight excluding hydrogens is 1300 g/mol. The summed E-state index contributed by atoms with van der Waals surface area (Å²) in [5.41, 5.74) is -0.0748. The summed E-state index contributed by atoms with van der Waals surface area (Å²) in [6.45, 7) is 63.0. The second-order valence-corrected chi connectivity index (χ2v) is 42.8. The molecule has 3 aliphatic rings. The van der Waals surface area contributed by atoms with Crippen molar-refractivity contribution in [3.63, 3.8) is 0 Å². The summed E-state index contributed by atoms with van der Waals surface area (Å²) >= 11 is 0. The van der Waals surface area contributed by atoms with Gasteiger partial charge < -0.3 is 41.8 Å². The molecule has 3 unspecified atom stereocenters. The first-order valence-corrected chi connectivity index (χ1v) is 42.0.